The first-order chi connectivity index (χ1) is 20.7. The number of nitrogens with zero attached hydrogens (tertiary/aromatic N) is 4. The zero-order chi connectivity index (χ0) is 28.3. The Kier molecular flexibility index (Phi) is 6.70. The number of benzene rings is 4. The van der Waals surface area contributed by atoms with E-state index in [0.29, 0.717) is 0 Å². The molecule has 0 radical (unpaired) electrons. The molecule has 42 heavy (non-hydrogen) atoms. The Hall–Kier alpha value is -5.62. The number of para-hydroxylation sites is 1. The summed E-state index contributed by atoms with van der Waals surface area (Å²) in [7, 11) is 2.05. The van der Waals surface area contributed by atoms with Crippen molar-refractivity contribution in [2.75, 3.05) is 23.5 Å². The van der Waals surface area contributed by atoms with E-state index in [9.17, 15) is 0 Å². The Morgan fingerprint density at radius 1 is 0.548 bits per heavy atom. The summed E-state index contributed by atoms with van der Waals surface area (Å²) in [5.74, 6) is 4.08. The molecule has 1 aliphatic heterocycles. The summed E-state index contributed by atoms with van der Waals surface area (Å²) < 4.78 is 12.4. The third kappa shape index (κ3) is 5.25. The fourth-order valence-electron chi connectivity index (χ4n) is 5.17. The van der Waals surface area contributed by atoms with Crippen molar-refractivity contribution in [2.24, 2.45) is 0 Å². The second-order valence-corrected chi connectivity index (χ2v) is 10.1. The lowest BCUT2D eigenvalue weighted by Crippen LogP contribution is -2.24. The van der Waals surface area contributed by atoms with Crippen molar-refractivity contribution in [3.63, 3.8) is 0 Å². The van der Waals surface area contributed by atoms with Gasteiger partial charge in [-0.2, -0.15) is 0 Å². The summed E-state index contributed by atoms with van der Waals surface area (Å²) in [6.07, 6.45) is 3.67. The normalized spacial score (nSPS) is 12.2. The summed E-state index contributed by atoms with van der Waals surface area (Å²) in [5.41, 5.74) is 6.09. The molecule has 0 spiro atoms. The van der Waals surface area contributed by atoms with Crippen LogP contribution in [0.4, 0.5) is 17.2 Å². The molecule has 0 bridgehead atoms. The van der Waals surface area contributed by atoms with Crippen molar-refractivity contribution < 1.29 is 9.47 Å². The smallest absolute Gasteiger partial charge is 0.153 e. The largest absolute Gasteiger partial charge is 0.457 e. The van der Waals surface area contributed by atoms with Crippen LogP contribution in [-0.4, -0.2) is 23.7 Å². The van der Waals surface area contributed by atoms with Gasteiger partial charge in [0.1, 0.15) is 23.0 Å². The summed E-state index contributed by atoms with van der Waals surface area (Å²) in [6.45, 7) is 0.731. The highest BCUT2D eigenvalue weighted by molar-refractivity contribution is 5.79. The van der Waals surface area contributed by atoms with E-state index in [0.717, 1.165) is 69.2 Å². The van der Waals surface area contributed by atoms with E-state index in [-0.39, 0.29) is 0 Å². The lowest BCUT2D eigenvalue weighted by molar-refractivity contribution is 0.482. The van der Waals surface area contributed by atoms with Crippen molar-refractivity contribution in [2.45, 2.75) is 0 Å². The van der Waals surface area contributed by atoms with Gasteiger partial charge in [0.25, 0.3) is 0 Å². The van der Waals surface area contributed by atoms with E-state index in [2.05, 4.69) is 57.1 Å². The minimum absolute atomic E-state index is 0.731. The van der Waals surface area contributed by atoms with E-state index >= 15 is 0 Å². The molecule has 0 amide bonds. The first-order valence-corrected chi connectivity index (χ1v) is 13.8. The highest BCUT2D eigenvalue weighted by Crippen LogP contribution is 2.39. The van der Waals surface area contributed by atoms with E-state index in [1.54, 1.807) is 0 Å². The Balaban J connectivity index is 1.11. The van der Waals surface area contributed by atoms with Crippen molar-refractivity contribution in [1.82, 2.24) is 9.97 Å². The maximum absolute atomic E-state index is 6.34. The molecular formula is C36H28N4O2. The number of hydrogen-bond acceptors (Lipinski definition) is 6. The minimum Gasteiger partial charge on any atom is -0.457 e. The number of hydrogen-bond donors (Lipinski definition) is 0. The second kappa shape index (κ2) is 11.1. The average molecular weight is 549 g/mol. The van der Waals surface area contributed by atoms with E-state index in [1.165, 1.54) is 0 Å². The number of rotatable bonds is 7. The molecule has 6 nitrogen and oxygen atoms in total. The van der Waals surface area contributed by atoms with E-state index in [1.807, 2.05) is 109 Å². The van der Waals surface area contributed by atoms with Crippen LogP contribution in [0, 0.1) is 0 Å². The van der Waals surface area contributed by atoms with E-state index < -0.39 is 0 Å². The maximum Gasteiger partial charge on any atom is 0.153 e. The van der Waals surface area contributed by atoms with Gasteiger partial charge in [-0.15, -0.1) is 0 Å². The van der Waals surface area contributed by atoms with Crippen molar-refractivity contribution in [3.8, 4) is 45.4 Å². The maximum atomic E-state index is 6.34. The molecule has 4 aromatic carbocycles. The van der Waals surface area contributed by atoms with Crippen LogP contribution in [0.2, 0.25) is 0 Å². The molecule has 0 saturated heterocycles. The summed E-state index contributed by atoms with van der Waals surface area (Å²) >= 11 is 0. The van der Waals surface area contributed by atoms with Crippen LogP contribution < -0.4 is 19.3 Å². The fourth-order valence-corrected chi connectivity index (χ4v) is 5.17. The lowest BCUT2D eigenvalue weighted by atomic mass is 10.0. The molecular weight excluding hydrogens is 520 g/mol. The van der Waals surface area contributed by atoms with E-state index in [4.69, 9.17) is 9.47 Å². The van der Waals surface area contributed by atoms with Crippen molar-refractivity contribution in [1.29, 1.82) is 0 Å². The molecule has 0 unspecified atom stereocenters. The monoisotopic (exact) mass is 548 g/mol. The fraction of sp³-hybridized carbons (Fsp3) is 0.0556. The molecule has 6 heteroatoms. The zero-order valence-corrected chi connectivity index (χ0v) is 23.1. The Bertz CT molecular complexity index is 1860. The average Bonchev–Trinajstić information content (AvgIpc) is 3.38. The van der Waals surface area contributed by atoms with Gasteiger partial charge >= 0.3 is 0 Å². The summed E-state index contributed by atoms with van der Waals surface area (Å²) in [5, 5.41) is 0. The SMILES string of the molecule is CN1CN(c2cccc(Oc3cccc(-c4cc(-c5cccc(Oc6ccccc6)c5)ccn4)c3)c2)c2cccnc21. The number of ether oxygens (including phenoxy) is 2. The number of anilines is 3. The molecule has 0 atom stereocenters. The Labute approximate surface area is 245 Å². The van der Waals surface area contributed by atoms with Crippen LogP contribution in [0.15, 0.2) is 140 Å². The van der Waals surface area contributed by atoms with Gasteiger partial charge in [-0.25, -0.2) is 4.98 Å². The van der Waals surface area contributed by atoms with Gasteiger partial charge < -0.3 is 19.3 Å². The lowest BCUT2D eigenvalue weighted by Gasteiger charge is -2.20. The topological polar surface area (TPSA) is 50.7 Å². The number of fused-ring (bicyclic) bond motifs is 1. The van der Waals surface area contributed by atoms with Crippen LogP contribution in [0.5, 0.6) is 23.0 Å². The third-order valence-electron chi connectivity index (χ3n) is 7.17. The second-order valence-electron chi connectivity index (χ2n) is 10.1. The molecule has 6 aromatic rings. The summed E-state index contributed by atoms with van der Waals surface area (Å²) in [4.78, 5) is 13.6. The van der Waals surface area contributed by atoms with Crippen LogP contribution >= 0.6 is 0 Å². The quantitative estimate of drug-likeness (QED) is 0.198. The highest BCUT2D eigenvalue weighted by atomic mass is 16.5. The molecule has 0 N–H and O–H groups in total. The molecule has 204 valence electrons. The first kappa shape index (κ1) is 25.4. The highest BCUT2D eigenvalue weighted by Gasteiger charge is 2.25. The third-order valence-corrected chi connectivity index (χ3v) is 7.17. The minimum atomic E-state index is 0.731. The predicted molar refractivity (Wildman–Crippen MR) is 168 cm³/mol. The number of aromatic nitrogens is 2. The molecule has 2 aromatic heterocycles. The molecule has 7 rings (SSSR count). The first-order valence-electron chi connectivity index (χ1n) is 13.8. The van der Waals surface area contributed by atoms with Crippen LogP contribution in [0.1, 0.15) is 0 Å². The zero-order valence-electron chi connectivity index (χ0n) is 23.1. The Morgan fingerprint density at radius 3 is 2.05 bits per heavy atom. The van der Waals surface area contributed by atoms with Crippen molar-refractivity contribution >= 4 is 17.2 Å². The standard InChI is InChI=1S/C36H28N4O2/c1-39-25-40(35-17-8-19-38-36(35)39)29-11-7-16-33(24-29)42-32-15-6-10-28(22-32)34-23-27(18-20-37-34)26-9-5-14-31(21-26)41-30-12-3-2-4-13-30/h2-24H,25H2,1H3. The molecule has 0 fully saturated rings. The van der Waals surface area contributed by atoms with Gasteiger partial charge in [0.05, 0.1) is 18.1 Å². The van der Waals surface area contributed by atoms with Crippen LogP contribution in [0.25, 0.3) is 22.4 Å². The van der Waals surface area contributed by atoms with Gasteiger partial charge in [-0.1, -0.05) is 48.5 Å². The molecule has 0 aliphatic carbocycles. The van der Waals surface area contributed by atoms with Crippen molar-refractivity contribution in [3.05, 3.63) is 140 Å². The van der Waals surface area contributed by atoms with Crippen LogP contribution in [-0.2, 0) is 0 Å². The van der Waals surface area contributed by atoms with Gasteiger partial charge in [0, 0.05) is 36.8 Å². The predicted octanol–water partition coefficient (Wildman–Crippen LogP) is 8.94. The van der Waals surface area contributed by atoms with Gasteiger partial charge in [-0.05, 0) is 83.9 Å². The Morgan fingerprint density at radius 2 is 1.21 bits per heavy atom. The van der Waals surface area contributed by atoms with Crippen LogP contribution in [0.3, 0.4) is 0 Å². The molecule has 0 saturated carbocycles. The summed E-state index contributed by atoms with van der Waals surface area (Å²) in [6, 6.07) is 42.2. The van der Waals surface area contributed by atoms with Gasteiger partial charge in [-0.3, -0.25) is 4.98 Å². The van der Waals surface area contributed by atoms with Gasteiger partial charge in [0.2, 0.25) is 0 Å². The number of pyridine rings is 2. The molecule has 3 heterocycles. The molecule has 1 aliphatic rings. The van der Waals surface area contributed by atoms with Gasteiger partial charge in [0.15, 0.2) is 5.82 Å².